The minimum absolute atomic E-state index is 0.0685. The molecule has 1 saturated heterocycles. The number of hydrogen-bond acceptors (Lipinski definition) is 5. The maximum Gasteiger partial charge on any atom is 0.259 e. The number of nitrogens with one attached hydrogen (secondary N) is 1. The largest absolute Gasteiger partial charge is 0.496 e. The Morgan fingerprint density at radius 1 is 0.967 bits per heavy atom. The summed E-state index contributed by atoms with van der Waals surface area (Å²) in [6.45, 7) is 2.44. The van der Waals surface area contributed by atoms with Crippen LogP contribution in [0.3, 0.4) is 0 Å². The molecule has 0 saturated carbocycles. The minimum atomic E-state index is -3.69. The van der Waals surface area contributed by atoms with E-state index in [2.05, 4.69) is 5.32 Å². The summed E-state index contributed by atoms with van der Waals surface area (Å²) in [5.41, 5.74) is 1.16. The molecule has 0 unspecified atom stereocenters. The summed E-state index contributed by atoms with van der Waals surface area (Å²) in [6.07, 6.45) is 3.70. The molecule has 2 aromatic carbocycles. The van der Waals surface area contributed by atoms with Crippen LogP contribution in [0.25, 0.3) is 0 Å². The fourth-order valence-corrected chi connectivity index (χ4v) is 4.99. The molecule has 30 heavy (non-hydrogen) atoms. The van der Waals surface area contributed by atoms with Gasteiger partial charge in [-0.15, -0.1) is 0 Å². The molecule has 0 aliphatic carbocycles. The average Bonchev–Trinajstić information content (AvgIpc) is 3.03. The first-order valence-corrected chi connectivity index (χ1v) is 11.4. The van der Waals surface area contributed by atoms with Crippen LogP contribution in [0.5, 0.6) is 5.75 Å². The number of Topliss-reactive ketones (excluding diaryl/α,β-unsaturated/α-hetero) is 1. The van der Waals surface area contributed by atoms with Crippen molar-refractivity contribution in [2.45, 2.75) is 37.5 Å². The Hall–Kier alpha value is -2.71. The monoisotopic (exact) mass is 430 g/mol. The van der Waals surface area contributed by atoms with Gasteiger partial charge in [0.1, 0.15) is 5.75 Å². The van der Waals surface area contributed by atoms with Crippen molar-refractivity contribution in [3.8, 4) is 5.75 Å². The van der Waals surface area contributed by atoms with E-state index in [4.69, 9.17) is 4.74 Å². The van der Waals surface area contributed by atoms with E-state index in [0.29, 0.717) is 24.3 Å². The quantitative estimate of drug-likeness (QED) is 0.705. The van der Waals surface area contributed by atoms with Gasteiger partial charge in [0.05, 0.1) is 17.6 Å². The van der Waals surface area contributed by atoms with Gasteiger partial charge in [-0.1, -0.05) is 12.8 Å². The molecular weight excluding hydrogens is 404 g/mol. The highest BCUT2D eigenvalue weighted by Gasteiger charge is 2.27. The van der Waals surface area contributed by atoms with Crippen LogP contribution in [0, 0.1) is 0 Å². The van der Waals surface area contributed by atoms with Crippen molar-refractivity contribution in [1.82, 2.24) is 4.31 Å². The zero-order chi connectivity index (χ0) is 21.7. The molecule has 1 N–H and O–H groups in total. The van der Waals surface area contributed by atoms with Crippen LogP contribution in [0.1, 0.15) is 53.3 Å². The number of ketones is 1. The topological polar surface area (TPSA) is 92.8 Å². The van der Waals surface area contributed by atoms with E-state index >= 15 is 0 Å². The number of hydrogen-bond donors (Lipinski definition) is 1. The van der Waals surface area contributed by atoms with E-state index < -0.39 is 15.9 Å². The highest BCUT2D eigenvalue weighted by molar-refractivity contribution is 7.89. The number of sulfonamides is 1. The number of carbonyl (C=O) groups is 2. The third kappa shape index (κ3) is 4.88. The number of anilines is 1. The molecule has 0 radical (unpaired) electrons. The van der Waals surface area contributed by atoms with Gasteiger partial charge in [-0.25, -0.2) is 8.42 Å². The number of carbonyl (C=O) groups excluding carboxylic acids is 2. The van der Waals surface area contributed by atoms with Crippen molar-refractivity contribution in [2.24, 2.45) is 0 Å². The second kappa shape index (κ2) is 9.40. The van der Waals surface area contributed by atoms with Crippen molar-refractivity contribution < 1.29 is 22.7 Å². The molecule has 3 rings (SSSR count). The SMILES string of the molecule is COc1ccc(S(=O)(=O)N2CCCCCC2)cc1C(=O)Nc1ccc(C(C)=O)cc1. The number of benzene rings is 2. The summed E-state index contributed by atoms with van der Waals surface area (Å²) in [6, 6.07) is 10.8. The minimum Gasteiger partial charge on any atom is -0.496 e. The lowest BCUT2D eigenvalue weighted by molar-refractivity contribution is 0.101. The number of methoxy groups -OCH3 is 1. The number of nitrogens with zero attached hydrogens (tertiary/aromatic N) is 1. The standard InChI is InChI=1S/C22H26N2O5S/c1-16(25)17-7-9-18(10-8-17)23-22(26)20-15-19(11-12-21(20)29-2)30(27,28)24-13-5-3-4-6-14-24/h7-12,15H,3-6,13-14H2,1-2H3,(H,23,26). The van der Waals surface area contributed by atoms with Crippen molar-refractivity contribution in [3.63, 3.8) is 0 Å². The lowest BCUT2D eigenvalue weighted by atomic mass is 10.1. The maximum absolute atomic E-state index is 13.1. The van der Waals surface area contributed by atoms with Crippen LogP contribution in [0.4, 0.5) is 5.69 Å². The third-order valence-electron chi connectivity index (χ3n) is 5.17. The van der Waals surface area contributed by atoms with Crippen molar-refractivity contribution in [3.05, 3.63) is 53.6 Å². The lowest BCUT2D eigenvalue weighted by Gasteiger charge is -2.20. The van der Waals surface area contributed by atoms with Crippen LogP contribution in [0.15, 0.2) is 47.4 Å². The van der Waals surface area contributed by atoms with Gasteiger partial charge < -0.3 is 10.1 Å². The van der Waals surface area contributed by atoms with Gasteiger partial charge in [-0.05, 0) is 62.2 Å². The predicted octanol–water partition coefficient (Wildman–Crippen LogP) is 3.71. The van der Waals surface area contributed by atoms with Gasteiger partial charge >= 0.3 is 0 Å². The van der Waals surface area contributed by atoms with E-state index in [-0.39, 0.29) is 22.0 Å². The summed E-state index contributed by atoms with van der Waals surface area (Å²) >= 11 is 0. The highest BCUT2D eigenvalue weighted by atomic mass is 32.2. The van der Waals surface area contributed by atoms with Gasteiger partial charge in [0.15, 0.2) is 5.78 Å². The van der Waals surface area contributed by atoms with Crippen LogP contribution >= 0.6 is 0 Å². The van der Waals surface area contributed by atoms with Crippen LogP contribution in [-0.2, 0) is 10.0 Å². The zero-order valence-corrected chi connectivity index (χ0v) is 18.0. The molecule has 1 aliphatic heterocycles. The number of amides is 1. The molecule has 0 atom stereocenters. The predicted molar refractivity (Wildman–Crippen MR) is 115 cm³/mol. The maximum atomic E-state index is 13.1. The Morgan fingerprint density at radius 2 is 1.60 bits per heavy atom. The first kappa shape index (κ1) is 22.0. The van der Waals surface area contributed by atoms with Crippen molar-refractivity contribution in [1.29, 1.82) is 0 Å². The fraction of sp³-hybridized carbons (Fsp3) is 0.364. The molecule has 160 valence electrons. The second-order valence-electron chi connectivity index (χ2n) is 7.27. The Labute approximate surface area is 177 Å². The molecule has 1 aliphatic rings. The molecule has 2 aromatic rings. The molecule has 0 spiro atoms. The highest BCUT2D eigenvalue weighted by Crippen LogP contribution is 2.27. The van der Waals surface area contributed by atoms with Crippen LogP contribution < -0.4 is 10.1 Å². The summed E-state index contributed by atoms with van der Waals surface area (Å²) in [7, 11) is -2.27. The summed E-state index contributed by atoms with van der Waals surface area (Å²) < 4.78 is 33.0. The fourth-order valence-electron chi connectivity index (χ4n) is 3.44. The first-order chi connectivity index (χ1) is 14.3. The Bertz CT molecular complexity index is 1020. The van der Waals surface area contributed by atoms with Gasteiger partial charge in [0.25, 0.3) is 5.91 Å². The van der Waals surface area contributed by atoms with Gasteiger partial charge in [-0.3, -0.25) is 9.59 Å². The Kier molecular flexibility index (Phi) is 6.89. The summed E-state index contributed by atoms with van der Waals surface area (Å²) in [5.74, 6) is -0.279. The first-order valence-electron chi connectivity index (χ1n) is 9.93. The van der Waals surface area contributed by atoms with Crippen LogP contribution in [0.2, 0.25) is 0 Å². The van der Waals surface area contributed by atoms with E-state index in [1.807, 2.05) is 0 Å². The van der Waals surface area contributed by atoms with Crippen LogP contribution in [-0.4, -0.2) is 44.6 Å². The lowest BCUT2D eigenvalue weighted by Crippen LogP contribution is -2.32. The molecule has 1 amide bonds. The second-order valence-corrected chi connectivity index (χ2v) is 9.21. The van der Waals surface area contributed by atoms with Gasteiger partial charge in [0, 0.05) is 24.3 Å². The summed E-state index contributed by atoms with van der Waals surface area (Å²) in [5, 5.41) is 2.73. The number of rotatable bonds is 6. The molecule has 0 bridgehead atoms. The van der Waals surface area contributed by atoms with Gasteiger partial charge in [0.2, 0.25) is 10.0 Å². The van der Waals surface area contributed by atoms with E-state index in [0.717, 1.165) is 25.7 Å². The van der Waals surface area contributed by atoms with E-state index in [1.54, 1.807) is 24.3 Å². The molecule has 1 fully saturated rings. The normalized spacial score (nSPS) is 15.3. The average molecular weight is 431 g/mol. The van der Waals surface area contributed by atoms with Crippen molar-refractivity contribution in [2.75, 3.05) is 25.5 Å². The molecule has 8 heteroatoms. The molecular formula is C22H26N2O5S. The Morgan fingerprint density at radius 3 is 2.17 bits per heavy atom. The zero-order valence-electron chi connectivity index (χ0n) is 17.2. The van der Waals surface area contributed by atoms with E-state index in [9.17, 15) is 18.0 Å². The number of ether oxygens (including phenoxy) is 1. The molecule has 1 heterocycles. The van der Waals surface area contributed by atoms with Gasteiger partial charge in [-0.2, -0.15) is 4.31 Å². The molecule has 0 aromatic heterocycles. The summed E-state index contributed by atoms with van der Waals surface area (Å²) in [4.78, 5) is 24.3. The van der Waals surface area contributed by atoms with Crippen molar-refractivity contribution >= 4 is 27.4 Å². The molecule has 7 nitrogen and oxygen atoms in total. The Balaban J connectivity index is 1.88. The third-order valence-corrected chi connectivity index (χ3v) is 7.06. The van der Waals surface area contributed by atoms with E-state index in [1.165, 1.54) is 36.5 Å². The smallest absolute Gasteiger partial charge is 0.259 e.